The van der Waals surface area contributed by atoms with E-state index >= 15 is 0 Å². The highest BCUT2D eigenvalue weighted by Gasteiger charge is 2.36. The molecule has 3 N–H and O–H groups in total. The summed E-state index contributed by atoms with van der Waals surface area (Å²) in [5.41, 5.74) is 0. The second kappa shape index (κ2) is 36.5. The molecule has 6 atom stereocenters. The van der Waals surface area contributed by atoms with Gasteiger partial charge in [-0.3, -0.25) is 18.6 Å². The van der Waals surface area contributed by atoms with Gasteiger partial charge < -0.3 is 29.3 Å². The zero-order valence-electron chi connectivity index (χ0n) is 36.4. The predicted molar refractivity (Wildman–Crippen MR) is 228 cm³/mol. The van der Waals surface area contributed by atoms with Crippen LogP contribution < -0.4 is 0 Å². The first-order chi connectivity index (χ1) is 27.6. The van der Waals surface area contributed by atoms with E-state index in [1.165, 1.54) is 96.3 Å². The smallest absolute Gasteiger partial charge is 0.462 e. The number of carbonyl (C=O) groups excluding carboxylic acids is 2. The van der Waals surface area contributed by atoms with Gasteiger partial charge in [0, 0.05) is 12.8 Å². The van der Waals surface area contributed by atoms with Crippen LogP contribution in [0.25, 0.3) is 0 Å². The second-order valence-electron chi connectivity index (χ2n) is 16.4. The summed E-state index contributed by atoms with van der Waals surface area (Å²) in [4.78, 5) is 35.1. The summed E-state index contributed by atoms with van der Waals surface area (Å²) in [5, 5.41) is 18.4. The van der Waals surface area contributed by atoms with E-state index < -0.39 is 51.8 Å². The van der Waals surface area contributed by atoms with Gasteiger partial charge in [-0.25, -0.2) is 4.57 Å². The second-order valence-corrected chi connectivity index (χ2v) is 17.9. The molecule has 1 aliphatic heterocycles. The lowest BCUT2D eigenvalue weighted by Gasteiger charge is -2.20. The molecule has 0 aliphatic carbocycles. The summed E-state index contributed by atoms with van der Waals surface area (Å²) < 4.78 is 38.6. The van der Waals surface area contributed by atoms with Crippen molar-refractivity contribution in [2.24, 2.45) is 5.92 Å². The van der Waals surface area contributed by atoms with E-state index in [9.17, 15) is 24.2 Å². The van der Waals surface area contributed by atoms with Crippen molar-refractivity contribution in [3.05, 3.63) is 12.2 Å². The molecule has 1 fully saturated rings. The molecule has 1 heterocycles. The highest BCUT2D eigenvalue weighted by Crippen LogP contribution is 2.43. The van der Waals surface area contributed by atoms with Crippen LogP contribution in [0.4, 0.5) is 0 Å². The molecule has 1 saturated heterocycles. The monoisotopic (exact) mass is 833 g/mol. The highest BCUT2D eigenvalue weighted by atomic mass is 31.2. The van der Waals surface area contributed by atoms with E-state index in [4.69, 9.17) is 28.4 Å². The van der Waals surface area contributed by atoms with Gasteiger partial charge in [-0.1, -0.05) is 168 Å². The number of ether oxygens (including phenoxy) is 3. The van der Waals surface area contributed by atoms with Crippen molar-refractivity contribution < 1.29 is 52.5 Å². The molecule has 1 aliphatic rings. The van der Waals surface area contributed by atoms with Crippen LogP contribution >= 0.6 is 7.82 Å². The molecule has 12 heteroatoms. The molecule has 0 saturated carbocycles. The topological polar surface area (TPSA) is 161 Å². The molecule has 0 amide bonds. The minimum atomic E-state index is -4.62. The Morgan fingerprint density at radius 2 is 1.23 bits per heavy atom. The van der Waals surface area contributed by atoms with Crippen molar-refractivity contribution in [3.63, 3.8) is 0 Å². The van der Waals surface area contributed by atoms with Crippen LogP contribution in [0, 0.1) is 5.92 Å². The van der Waals surface area contributed by atoms with Gasteiger partial charge in [-0.15, -0.1) is 0 Å². The first kappa shape index (κ1) is 53.7. The summed E-state index contributed by atoms with van der Waals surface area (Å²) in [6, 6.07) is 0. The van der Waals surface area contributed by atoms with Gasteiger partial charge >= 0.3 is 19.8 Å². The number of aliphatic hydroxyl groups excluding tert-OH is 2. The Morgan fingerprint density at radius 1 is 0.684 bits per heavy atom. The number of allylic oxidation sites excluding steroid dienone is 1. The fourth-order valence-corrected chi connectivity index (χ4v) is 7.59. The molecule has 1 rings (SSSR count). The lowest BCUT2D eigenvalue weighted by atomic mass is 9.99. The molecular formula is C45H85O11P. The van der Waals surface area contributed by atoms with Crippen LogP contribution in [0.2, 0.25) is 0 Å². The largest absolute Gasteiger partial charge is 0.472 e. The van der Waals surface area contributed by atoms with Crippen LogP contribution in [0.15, 0.2) is 12.2 Å². The Morgan fingerprint density at radius 3 is 1.81 bits per heavy atom. The van der Waals surface area contributed by atoms with Gasteiger partial charge in [0.25, 0.3) is 0 Å². The number of epoxide rings is 1. The average Bonchev–Trinajstić information content (AvgIpc) is 3.96. The molecule has 0 bridgehead atoms. The molecule has 336 valence electrons. The van der Waals surface area contributed by atoms with Crippen molar-refractivity contribution in [1.29, 1.82) is 0 Å². The third-order valence-corrected chi connectivity index (χ3v) is 11.8. The summed E-state index contributed by atoms with van der Waals surface area (Å²) in [5.74, 6) is -0.0647. The average molecular weight is 833 g/mol. The van der Waals surface area contributed by atoms with Crippen LogP contribution in [0.3, 0.4) is 0 Å². The Labute approximate surface area is 347 Å². The summed E-state index contributed by atoms with van der Waals surface area (Å²) in [6.45, 7) is 4.72. The number of phosphoric acid groups is 1. The number of aliphatic hydroxyl groups is 2. The van der Waals surface area contributed by atoms with Crippen molar-refractivity contribution in [3.8, 4) is 0 Å². The van der Waals surface area contributed by atoms with E-state index in [0.29, 0.717) is 25.0 Å². The minimum Gasteiger partial charge on any atom is -0.462 e. The van der Waals surface area contributed by atoms with E-state index in [1.807, 2.05) is 0 Å². The number of phosphoric ester groups is 1. The molecule has 0 aromatic rings. The fraction of sp³-hybridized carbons (Fsp3) is 0.911. The molecule has 4 unspecified atom stereocenters. The molecule has 0 aromatic heterocycles. The Bertz CT molecular complexity index is 1040. The number of hydrogen-bond acceptors (Lipinski definition) is 10. The minimum absolute atomic E-state index is 0.164. The van der Waals surface area contributed by atoms with E-state index in [1.54, 1.807) is 0 Å². The maximum Gasteiger partial charge on any atom is 0.472 e. The molecular weight excluding hydrogens is 747 g/mol. The number of hydrogen-bond donors (Lipinski definition) is 3. The maximum atomic E-state index is 12.6. The normalized spacial score (nSPS) is 18.0. The summed E-state index contributed by atoms with van der Waals surface area (Å²) in [7, 11) is -4.62. The van der Waals surface area contributed by atoms with Gasteiger partial charge in [0.15, 0.2) is 6.10 Å². The first-order valence-corrected chi connectivity index (χ1v) is 24.7. The van der Waals surface area contributed by atoms with Gasteiger partial charge in [0.2, 0.25) is 0 Å². The van der Waals surface area contributed by atoms with Crippen molar-refractivity contribution in [2.75, 3.05) is 26.4 Å². The SMILES string of the molecule is CCCCC/C=C\CC1OC1CCCCCCCC(=O)O[C@H](COC(=O)CCCCCCCCCCCCCCCCC(C)CC)COP(=O)(O)OC[C@@H](O)CO. The van der Waals surface area contributed by atoms with Crippen LogP contribution in [0.1, 0.15) is 207 Å². The van der Waals surface area contributed by atoms with Crippen molar-refractivity contribution >= 4 is 19.8 Å². The third-order valence-electron chi connectivity index (χ3n) is 10.9. The lowest BCUT2D eigenvalue weighted by Crippen LogP contribution is -2.29. The number of esters is 2. The van der Waals surface area contributed by atoms with Gasteiger partial charge in [0.05, 0.1) is 32.0 Å². The van der Waals surface area contributed by atoms with Crippen LogP contribution in [0.5, 0.6) is 0 Å². The number of unbranched alkanes of at least 4 members (excludes halogenated alkanes) is 20. The molecule has 0 aromatic carbocycles. The van der Waals surface area contributed by atoms with Crippen molar-refractivity contribution in [1.82, 2.24) is 0 Å². The van der Waals surface area contributed by atoms with Crippen molar-refractivity contribution in [2.45, 2.75) is 231 Å². The lowest BCUT2D eigenvalue weighted by molar-refractivity contribution is -0.161. The zero-order valence-corrected chi connectivity index (χ0v) is 37.3. The Hall–Kier alpha value is -1.33. The highest BCUT2D eigenvalue weighted by molar-refractivity contribution is 7.47. The maximum absolute atomic E-state index is 12.6. The standard InChI is InChI=1S/C45H85O11P/c1-4-6-7-8-21-26-31-42-43(56-42)32-27-22-19-24-29-34-45(49)55-41(38-54-57(50,51)53-36-40(47)35-46)37-52-44(48)33-28-23-18-16-14-12-10-9-11-13-15-17-20-25-30-39(3)5-2/h21,26,39-43,46-47H,4-20,22-25,27-38H2,1-3H3,(H,50,51)/b26-21-/t39?,40-,41+,42?,43?/m0/s1. The molecule has 0 radical (unpaired) electrons. The van der Waals surface area contributed by atoms with Gasteiger partial charge in [-0.2, -0.15) is 0 Å². The van der Waals surface area contributed by atoms with Gasteiger partial charge in [-0.05, 0) is 44.4 Å². The van der Waals surface area contributed by atoms with E-state index in [2.05, 4.69) is 32.9 Å². The Kier molecular flexibility index (Phi) is 34.4. The first-order valence-electron chi connectivity index (χ1n) is 23.2. The molecule has 57 heavy (non-hydrogen) atoms. The summed E-state index contributed by atoms with van der Waals surface area (Å²) in [6.07, 6.45) is 34.7. The Balaban J connectivity index is 2.22. The number of rotatable bonds is 42. The quantitative estimate of drug-likeness (QED) is 0.0176. The van der Waals surface area contributed by atoms with Crippen LogP contribution in [-0.4, -0.2) is 77.9 Å². The predicted octanol–water partition coefficient (Wildman–Crippen LogP) is 11.2. The third kappa shape index (κ3) is 34.1. The summed E-state index contributed by atoms with van der Waals surface area (Å²) >= 11 is 0. The van der Waals surface area contributed by atoms with E-state index in [0.717, 1.165) is 70.1 Å². The van der Waals surface area contributed by atoms with E-state index in [-0.39, 0.29) is 19.4 Å². The fourth-order valence-electron chi connectivity index (χ4n) is 6.80. The molecule has 0 spiro atoms. The number of carbonyl (C=O) groups is 2. The van der Waals surface area contributed by atoms with Crippen LogP contribution in [-0.2, 0) is 37.4 Å². The zero-order chi connectivity index (χ0) is 41.8. The molecule has 11 nitrogen and oxygen atoms in total. The van der Waals surface area contributed by atoms with Gasteiger partial charge in [0.1, 0.15) is 12.7 Å².